The van der Waals surface area contributed by atoms with Crippen molar-refractivity contribution in [3.8, 4) is 23.1 Å². The number of rotatable bonds is 7. The second kappa shape index (κ2) is 9.15. The molecular weight excluding hydrogens is 417 g/mol. The molecule has 1 amide bonds. The molecule has 0 bridgehead atoms. The Labute approximate surface area is 177 Å². The Morgan fingerprint density at radius 2 is 1.74 bits per heavy atom. The van der Waals surface area contributed by atoms with Gasteiger partial charge in [-0.3, -0.25) is 4.79 Å². The molecule has 1 aromatic carbocycles. The van der Waals surface area contributed by atoms with E-state index in [1.54, 1.807) is 18.2 Å². The van der Waals surface area contributed by atoms with Crippen LogP contribution in [0.25, 0.3) is 6.08 Å². The average molecular weight is 438 g/mol. The Hall–Kier alpha value is -3.43. The molecule has 0 spiro atoms. The summed E-state index contributed by atoms with van der Waals surface area (Å²) in [6.45, 7) is 0.493. The van der Waals surface area contributed by atoms with Crippen molar-refractivity contribution in [1.29, 1.82) is 0 Å². The average Bonchev–Trinajstić information content (AvgIpc) is 2.72. The molecule has 1 fully saturated rings. The third kappa shape index (κ3) is 5.19. The molecule has 1 aromatic heterocycles. The van der Waals surface area contributed by atoms with E-state index < -0.39 is 17.8 Å². The topological polar surface area (TPSA) is 70.1 Å². The standard InChI is InChI=1S/C21H21F3N2O5/c1-28-16-8-13(9-17(29-2)20(16)30-3)4-5-19(27)26-11-15(12-26)31-18-10-14(6-7-25-18)21(22,23)24/h4-10,15H,11-12H2,1-3H3/b5-4+. The zero-order chi connectivity index (χ0) is 22.6. The highest BCUT2D eigenvalue weighted by molar-refractivity contribution is 5.92. The van der Waals surface area contributed by atoms with Crippen LogP contribution in [-0.2, 0) is 11.0 Å². The van der Waals surface area contributed by atoms with Crippen molar-refractivity contribution in [2.45, 2.75) is 12.3 Å². The molecule has 1 aliphatic heterocycles. The zero-order valence-corrected chi connectivity index (χ0v) is 17.1. The van der Waals surface area contributed by atoms with Crippen molar-refractivity contribution >= 4 is 12.0 Å². The molecule has 10 heteroatoms. The van der Waals surface area contributed by atoms with Crippen LogP contribution in [0.4, 0.5) is 13.2 Å². The normalized spacial score (nSPS) is 14.3. The highest BCUT2D eigenvalue weighted by atomic mass is 19.4. The first-order valence-corrected chi connectivity index (χ1v) is 9.22. The minimum atomic E-state index is -4.47. The van der Waals surface area contributed by atoms with E-state index in [2.05, 4.69) is 4.98 Å². The number of benzene rings is 1. The lowest BCUT2D eigenvalue weighted by atomic mass is 10.1. The molecule has 1 saturated heterocycles. The van der Waals surface area contributed by atoms with E-state index in [9.17, 15) is 18.0 Å². The van der Waals surface area contributed by atoms with Gasteiger partial charge in [-0.05, 0) is 29.8 Å². The molecule has 0 N–H and O–H groups in total. The lowest BCUT2D eigenvalue weighted by Gasteiger charge is -2.38. The molecule has 2 heterocycles. The number of likely N-dealkylation sites (tertiary alicyclic amines) is 1. The van der Waals surface area contributed by atoms with Crippen molar-refractivity contribution < 1.29 is 36.9 Å². The van der Waals surface area contributed by atoms with Crippen molar-refractivity contribution in [1.82, 2.24) is 9.88 Å². The first kappa shape index (κ1) is 22.3. The van der Waals surface area contributed by atoms with Crippen LogP contribution < -0.4 is 18.9 Å². The summed E-state index contributed by atoms with van der Waals surface area (Å²) >= 11 is 0. The van der Waals surface area contributed by atoms with Crippen LogP contribution in [0.2, 0.25) is 0 Å². The summed E-state index contributed by atoms with van der Waals surface area (Å²) in [7, 11) is 4.49. The third-order valence-electron chi connectivity index (χ3n) is 4.61. The second-order valence-corrected chi connectivity index (χ2v) is 6.66. The van der Waals surface area contributed by atoms with Gasteiger partial charge in [0.1, 0.15) is 6.10 Å². The van der Waals surface area contributed by atoms with Gasteiger partial charge < -0.3 is 23.8 Å². The van der Waals surface area contributed by atoms with E-state index in [1.807, 2.05) is 0 Å². The molecular formula is C21H21F3N2O5. The van der Waals surface area contributed by atoms with Gasteiger partial charge in [0.2, 0.25) is 17.5 Å². The van der Waals surface area contributed by atoms with Gasteiger partial charge in [0.05, 0.1) is 40.0 Å². The monoisotopic (exact) mass is 438 g/mol. The van der Waals surface area contributed by atoms with E-state index in [1.165, 1.54) is 32.3 Å². The largest absolute Gasteiger partial charge is 0.493 e. The fourth-order valence-electron chi connectivity index (χ4n) is 2.98. The summed E-state index contributed by atoms with van der Waals surface area (Å²) in [5, 5.41) is 0. The van der Waals surface area contributed by atoms with Crippen LogP contribution in [-0.4, -0.2) is 56.3 Å². The number of carbonyl (C=O) groups excluding carboxylic acids is 1. The molecule has 2 aromatic rings. The lowest BCUT2D eigenvalue weighted by molar-refractivity contribution is -0.137. The summed E-state index contributed by atoms with van der Waals surface area (Å²) in [4.78, 5) is 17.6. The maximum Gasteiger partial charge on any atom is 0.416 e. The summed E-state index contributed by atoms with van der Waals surface area (Å²) in [6.07, 6.45) is -0.857. The second-order valence-electron chi connectivity index (χ2n) is 6.66. The molecule has 31 heavy (non-hydrogen) atoms. The van der Waals surface area contributed by atoms with E-state index in [4.69, 9.17) is 18.9 Å². The molecule has 7 nitrogen and oxygen atoms in total. The molecule has 3 rings (SSSR count). The van der Waals surface area contributed by atoms with Gasteiger partial charge >= 0.3 is 6.18 Å². The minimum Gasteiger partial charge on any atom is -0.493 e. The fourth-order valence-corrected chi connectivity index (χ4v) is 2.98. The summed E-state index contributed by atoms with van der Waals surface area (Å²) in [6, 6.07) is 5.12. The maximum atomic E-state index is 12.8. The van der Waals surface area contributed by atoms with Crippen LogP contribution in [0.5, 0.6) is 23.1 Å². The first-order valence-electron chi connectivity index (χ1n) is 9.22. The van der Waals surface area contributed by atoms with Gasteiger partial charge in [-0.15, -0.1) is 0 Å². The Morgan fingerprint density at radius 1 is 1.10 bits per heavy atom. The lowest BCUT2D eigenvalue weighted by Crippen LogP contribution is -2.55. The van der Waals surface area contributed by atoms with Gasteiger partial charge in [0.25, 0.3) is 0 Å². The van der Waals surface area contributed by atoms with Crippen molar-refractivity contribution in [3.05, 3.63) is 47.7 Å². The van der Waals surface area contributed by atoms with Gasteiger partial charge in [-0.25, -0.2) is 4.98 Å². The quantitative estimate of drug-likeness (QED) is 0.617. The maximum absolute atomic E-state index is 12.8. The molecule has 0 radical (unpaired) electrons. The van der Waals surface area contributed by atoms with E-state index >= 15 is 0 Å². The Balaban J connectivity index is 1.58. The van der Waals surface area contributed by atoms with Crippen LogP contribution in [0.1, 0.15) is 11.1 Å². The van der Waals surface area contributed by atoms with Crippen molar-refractivity contribution in [2.75, 3.05) is 34.4 Å². The van der Waals surface area contributed by atoms with Gasteiger partial charge in [-0.2, -0.15) is 13.2 Å². The number of ether oxygens (including phenoxy) is 4. The number of carbonyl (C=O) groups is 1. The van der Waals surface area contributed by atoms with Crippen LogP contribution in [0.3, 0.4) is 0 Å². The zero-order valence-electron chi connectivity index (χ0n) is 17.1. The molecule has 0 atom stereocenters. The molecule has 1 aliphatic rings. The number of methoxy groups -OCH3 is 3. The smallest absolute Gasteiger partial charge is 0.416 e. The highest BCUT2D eigenvalue weighted by Gasteiger charge is 2.34. The first-order chi connectivity index (χ1) is 14.7. The Kier molecular flexibility index (Phi) is 6.57. The number of hydrogen-bond acceptors (Lipinski definition) is 6. The van der Waals surface area contributed by atoms with E-state index in [0.29, 0.717) is 22.8 Å². The number of pyridine rings is 1. The minimum absolute atomic E-state index is 0.125. The summed E-state index contributed by atoms with van der Waals surface area (Å²) in [5.74, 6) is 0.977. The SMILES string of the molecule is COc1cc(/C=C/C(=O)N2CC(Oc3cc(C(F)(F)F)ccn3)C2)cc(OC)c1OC. The Morgan fingerprint density at radius 3 is 2.29 bits per heavy atom. The number of nitrogens with zero attached hydrogens (tertiary/aromatic N) is 2. The van der Waals surface area contributed by atoms with Crippen molar-refractivity contribution in [2.24, 2.45) is 0 Å². The van der Waals surface area contributed by atoms with Gasteiger partial charge in [-0.1, -0.05) is 0 Å². The van der Waals surface area contributed by atoms with Crippen LogP contribution in [0, 0.1) is 0 Å². The third-order valence-corrected chi connectivity index (χ3v) is 4.61. The molecule has 166 valence electrons. The highest BCUT2D eigenvalue weighted by Crippen LogP contribution is 2.38. The number of alkyl halides is 3. The van der Waals surface area contributed by atoms with Gasteiger partial charge in [0.15, 0.2) is 11.5 Å². The summed E-state index contributed by atoms with van der Waals surface area (Å²) < 4.78 is 59.6. The number of hydrogen-bond donors (Lipinski definition) is 0. The number of halogens is 3. The number of aromatic nitrogens is 1. The van der Waals surface area contributed by atoms with E-state index in [-0.39, 0.29) is 24.9 Å². The number of amides is 1. The molecule has 0 saturated carbocycles. The molecule has 0 aliphatic carbocycles. The van der Waals surface area contributed by atoms with Gasteiger partial charge in [0, 0.05) is 18.3 Å². The summed E-state index contributed by atoms with van der Waals surface area (Å²) in [5.41, 5.74) is -0.164. The van der Waals surface area contributed by atoms with Crippen LogP contribution >= 0.6 is 0 Å². The fraction of sp³-hybridized carbons (Fsp3) is 0.333. The molecule has 0 unspecified atom stereocenters. The predicted molar refractivity (Wildman–Crippen MR) is 105 cm³/mol. The van der Waals surface area contributed by atoms with Crippen molar-refractivity contribution in [3.63, 3.8) is 0 Å². The predicted octanol–water partition coefficient (Wildman–Crippen LogP) is 3.43. The van der Waals surface area contributed by atoms with E-state index in [0.717, 1.165) is 18.3 Å². The van der Waals surface area contributed by atoms with Crippen LogP contribution in [0.15, 0.2) is 36.5 Å². The Bertz CT molecular complexity index is 947.